The molecule has 8 nitrogen and oxygen atoms in total. The number of hydrogen-bond acceptors (Lipinski definition) is 6. The quantitative estimate of drug-likeness (QED) is 0.507. The Morgan fingerprint density at radius 1 is 1.19 bits per heavy atom. The molecule has 0 fully saturated rings. The van der Waals surface area contributed by atoms with Gasteiger partial charge in [-0.25, -0.2) is 19.3 Å². The van der Waals surface area contributed by atoms with Gasteiger partial charge in [-0.1, -0.05) is 18.2 Å². The van der Waals surface area contributed by atoms with Crippen molar-refractivity contribution in [2.45, 2.75) is 19.5 Å². The number of anilines is 2. The highest BCUT2D eigenvalue weighted by Gasteiger charge is 2.18. The normalized spacial score (nSPS) is 13.8. The number of rotatable bonds is 5. The van der Waals surface area contributed by atoms with Crippen molar-refractivity contribution in [2.24, 2.45) is 0 Å². The van der Waals surface area contributed by atoms with Crippen LogP contribution in [0.4, 0.5) is 11.6 Å². The summed E-state index contributed by atoms with van der Waals surface area (Å²) in [4.78, 5) is 28.7. The minimum absolute atomic E-state index is 0.177. The Hall–Kier alpha value is -3.78. The molecular formula is C23H23N7O. The number of allylic oxidation sites excluding steroid dienone is 1. The van der Waals surface area contributed by atoms with Crippen LogP contribution in [-0.2, 0) is 19.5 Å². The molecule has 0 saturated carbocycles. The highest BCUT2D eigenvalue weighted by atomic mass is 16.1. The molecule has 0 bridgehead atoms. The first-order valence-corrected chi connectivity index (χ1v) is 10.2. The standard InChI is InChI=1S/C23H23N7O/c1-3-11-29-22(31)19-14-25-23(27-21(19)30(29)20-6-4-5-10-24-20)26-18-8-7-16-9-12-28(2)15-17(16)13-18/h3-8,10,13-14H,1,9,11-12,15H2,2H3,(H,25,26,27). The summed E-state index contributed by atoms with van der Waals surface area (Å²) in [5.74, 6) is 1.04. The number of pyridine rings is 1. The van der Waals surface area contributed by atoms with Gasteiger partial charge in [-0.2, -0.15) is 4.98 Å². The number of hydrogen-bond donors (Lipinski definition) is 1. The fourth-order valence-corrected chi connectivity index (χ4v) is 3.99. The van der Waals surface area contributed by atoms with Gasteiger partial charge in [0.1, 0.15) is 5.39 Å². The van der Waals surface area contributed by atoms with Crippen molar-refractivity contribution >= 4 is 22.7 Å². The summed E-state index contributed by atoms with van der Waals surface area (Å²) in [5, 5.41) is 3.73. The number of fused-ring (bicyclic) bond motifs is 2. The second-order valence-electron chi connectivity index (χ2n) is 7.70. The molecule has 31 heavy (non-hydrogen) atoms. The Kier molecular flexibility index (Phi) is 4.83. The maximum atomic E-state index is 12.9. The second-order valence-corrected chi connectivity index (χ2v) is 7.70. The summed E-state index contributed by atoms with van der Waals surface area (Å²) in [6.07, 6.45) is 5.99. The van der Waals surface area contributed by atoms with Crippen LogP contribution in [-0.4, -0.2) is 42.8 Å². The average Bonchev–Trinajstić information content (AvgIpc) is 3.05. The van der Waals surface area contributed by atoms with Crippen LogP contribution in [0.25, 0.3) is 16.9 Å². The number of nitrogens with one attached hydrogen (secondary N) is 1. The van der Waals surface area contributed by atoms with Crippen molar-refractivity contribution in [3.8, 4) is 5.82 Å². The summed E-state index contributed by atoms with van der Waals surface area (Å²) < 4.78 is 3.28. The van der Waals surface area contributed by atoms with Crippen LogP contribution in [0.5, 0.6) is 0 Å². The Morgan fingerprint density at radius 3 is 2.90 bits per heavy atom. The van der Waals surface area contributed by atoms with Gasteiger partial charge in [0.15, 0.2) is 11.5 Å². The maximum absolute atomic E-state index is 12.9. The van der Waals surface area contributed by atoms with E-state index in [1.807, 2.05) is 24.3 Å². The van der Waals surface area contributed by atoms with Crippen molar-refractivity contribution < 1.29 is 0 Å². The number of aromatic nitrogens is 5. The molecule has 4 aromatic rings. The van der Waals surface area contributed by atoms with E-state index in [0.29, 0.717) is 29.3 Å². The molecule has 0 spiro atoms. The lowest BCUT2D eigenvalue weighted by Gasteiger charge is -2.25. The van der Waals surface area contributed by atoms with E-state index in [0.717, 1.165) is 25.2 Å². The molecule has 4 heterocycles. The van der Waals surface area contributed by atoms with E-state index < -0.39 is 0 Å². The zero-order valence-corrected chi connectivity index (χ0v) is 17.3. The van der Waals surface area contributed by atoms with E-state index in [1.54, 1.807) is 27.8 Å². The Labute approximate surface area is 179 Å². The highest BCUT2D eigenvalue weighted by Crippen LogP contribution is 2.24. The van der Waals surface area contributed by atoms with Crippen molar-refractivity contribution in [2.75, 3.05) is 18.9 Å². The summed E-state index contributed by atoms with van der Waals surface area (Å²) in [6.45, 7) is 6.11. The third-order valence-electron chi connectivity index (χ3n) is 5.51. The Balaban J connectivity index is 1.58. The first-order chi connectivity index (χ1) is 15.1. The topological polar surface area (TPSA) is 80.9 Å². The number of likely N-dealkylation sites (N-methyl/N-ethyl adjacent to an activating group) is 1. The predicted octanol–water partition coefficient (Wildman–Crippen LogP) is 2.89. The van der Waals surface area contributed by atoms with Crippen LogP contribution in [0, 0.1) is 0 Å². The molecule has 1 aliphatic heterocycles. The predicted molar refractivity (Wildman–Crippen MR) is 121 cm³/mol. The van der Waals surface area contributed by atoms with Crippen molar-refractivity contribution in [1.29, 1.82) is 0 Å². The van der Waals surface area contributed by atoms with E-state index >= 15 is 0 Å². The first-order valence-electron chi connectivity index (χ1n) is 10.2. The lowest BCUT2D eigenvalue weighted by atomic mass is 9.99. The van der Waals surface area contributed by atoms with Gasteiger partial charge in [0.25, 0.3) is 5.56 Å². The minimum atomic E-state index is -0.177. The van der Waals surface area contributed by atoms with Crippen LogP contribution < -0.4 is 10.9 Å². The smallest absolute Gasteiger partial charge is 0.278 e. The molecule has 1 aliphatic rings. The fraction of sp³-hybridized carbons (Fsp3) is 0.217. The molecule has 0 amide bonds. The zero-order valence-electron chi connectivity index (χ0n) is 17.3. The molecular weight excluding hydrogens is 390 g/mol. The van der Waals surface area contributed by atoms with E-state index in [4.69, 9.17) is 0 Å². The van der Waals surface area contributed by atoms with E-state index in [-0.39, 0.29) is 5.56 Å². The van der Waals surface area contributed by atoms with Gasteiger partial charge in [0.2, 0.25) is 5.95 Å². The lowest BCUT2D eigenvalue weighted by Crippen LogP contribution is -2.26. The molecule has 156 valence electrons. The molecule has 0 unspecified atom stereocenters. The van der Waals surface area contributed by atoms with Crippen molar-refractivity contribution in [1.82, 2.24) is 29.2 Å². The summed E-state index contributed by atoms with van der Waals surface area (Å²) >= 11 is 0. The Morgan fingerprint density at radius 2 is 2.10 bits per heavy atom. The first kappa shape index (κ1) is 19.2. The summed E-state index contributed by atoms with van der Waals surface area (Å²) in [7, 11) is 2.13. The largest absolute Gasteiger partial charge is 0.324 e. The number of benzene rings is 1. The van der Waals surface area contributed by atoms with Crippen LogP contribution >= 0.6 is 0 Å². The van der Waals surface area contributed by atoms with Gasteiger partial charge in [0.05, 0.1) is 6.54 Å². The highest BCUT2D eigenvalue weighted by molar-refractivity contribution is 5.77. The van der Waals surface area contributed by atoms with Gasteiger partial charge < -0.3 is 10.2 Å². The van der Waals surface area contributed by atoms with E-state index in [2.05, 4.69) is 50.9 Å². The third-order valence-corrected chi connectivity index (χ3v) is 5.51. The van der Waals surface area contributed by atoms with Crippen molar-refractivity contribution in [3.63, 3.8) is 0 Å². The average molecular weight is 413 g/mol. The molecule has 1 aromatic carbocycles. The van der Waals surface area contributed by atoms with Gasteiger partial charge >= 0.3 is 0 Å². The van der Waals surface area contributed by atoms with Gasteiger partial charge in [-0.3, -0.25) is 4.79 Å². The van der Waals surface area contributed by atoms with Gasteiger partial charge in [-0.05, 0) is 48.9 Å². The minimum Gasteiger partial charge on any atom is -0.324 e. The molecule has 0 atom stereocenters. The second kappa shape index (κ2) is 7.81. The fourth-order valence-electron chi connectivity index (χ4n) is 3.99. The number of nitrogens with zero attached hydrogens (tertiary/aromatic N) is 6. The van der Waals surface area contributed by atoms with E-state index in [9.17, 15) is 4.79 Å². The van der Waals surface area contributed by atoms with Crippen LogP contribution in [0.15, 0.2) is 66.2 Å². The van der Waals surface area contributed by atoms with E-state index in [1.165, 1.54) is 11.1 Å². The molecule has 0 saturated heterocycles. The molecule has 1 N–H and O–H groups in total. The SMILES string of the molecule is C=CCn1c(=O)c2cnc(Nc3ccc4c(c3)CN(C)CC4)nc2n1-c1ccccn1. The summed E-state index contributed by atoms with van der Waals surface area (Å²) in [6, 6.07) is 11.9. The molecule has 0 aliphatic carbocycles. The Bertz CT molecular complexity index is 1320. The lowest BCUT2D eigenvalue weighted by molar-refractivity contribution is 0.313. The molecule has 8 heteroatoms. The van der Waals surface area contributed by atoms with Crippen molar-refractivity contribution in [3.05, 3.63) is 82.9 Å². The van der Waals surface area contributed by atoms with Crippen LogP contribution in [0.2, 0.25) is 0 Å². The molecule has 0 radical (unpaired) electrons. The van der Waals surface area contributed by atoms with Crippen LogP contribution in [0.3, 0.4) is 0 Å². The zero-order chi connectivity index (χ0) is 21.4. The van der Waals surface area contributed by atoms with Gasteiger partial charge in [-0.15, -0.1) is 6.58 Å². The van der Waals surface area contributed by atoms with Crippen LogP contribution in [0.1, 0.15) is 11.1 Å². The third kappa shape index (κ3) is 3.51. The van der Waals surface area contributed by atoms with Gasteiger partial charge in [0, 0.05) is 31.2 Å². The summed E-state index contributed by atoms with van der Waals surface area (Å²) in [5.41, 5.74) is 3.93. The monoisotopic (exact) mass is 413 g/mol. The molecule has 5 rings (SSSR count). The maximum Gasteiger partial charge on any atom is 0.278 e. The molecule has 3 aromatic heterocycles.